The van der Waals surface area contributed by atoms with Crippen molar-refractivity contribution < 1.29 is 26.4 Å². The minimum Gasteiger partial charge on any atom is -0.382 e. The van der Waals surface area contributed by atoms with Gasteiger partial charge in [-0.15, -0.1) is 0 Å². The third kappa shape index (κ3) is 4.48. The minimum absolute atomic E-state index is 0.137. The Hall–Kier alpha value is -2.81. The molecule has 2 rings (SSSR count). The summed E-state index contributed by atoms with van der Waals surface area (Å²) < 4.78 is 65.8. The van der Waals surface area contributed by atoms with Crippen LogP contribution in [-0.4, -0.2) is 33.3 Å². The number of anilines is 1. The minimum atomic E-state index is -4.25. The van der Waals surface area contributed by atoms with Gasteiger partial charge >= 0.3 is 0 Å². The van der Waals surface area contributed by atoms with Gasteiger partial charge in [0.1, 0.15) is 0 Å². The van der Waals surface area contributed by atoms with Crippen LogP contribution in [0.2, 0.25) is 0 Å². The van der Waals surface area contributed by atoms with Crippen LogP contribution < -0.4 is 5.32 Å². The van der Waals surface area contributed by atoms with Crippen LogP contribution in [0.5, 0.6) is 0 Å². The number of amides is 1. The van der Waals surface area contributed by atoms with Crippen LogP contribution in [0.25, 0.3) is 0 Å². The molecule has 1 N–H and O–H groups in total. The number of sulfone groups is 1. The topological polar surface area (TPSA) is 66.5 Å². The molecule has 0 aliphatic rings. The monoisotopic (exact) mass is 398 g/mol. The van der Waals surface area contributed by atoms with Crippen molar-refractivity contribution in [1.29, 1.82) is 0 Å². The van der Waals surface area contributed by atoms with E-state index in [1.165, 1.54) is 31.1 Å². The van der Waals surface area contributed by atoms with Crippen LogP contribution in [0, 0.1) is 24.4 Å². The second-order valence-corrected chi connectivity index (χ2v) is 7.87. The zero-order valence-electron chi connectivity index (χ0n) is 14.8. The van der Waals surface area contributed by atoms with Crippen LogP contribution in [0.3, 0.4) is 0 Å². The third-order valence-electron chi connectivity index (χ3n) is 3.50. The second-order valence-electron chi connectivity index (χ2n) is 5.95. The smallest absolute Gasteiger partial charge is 0.269 e. The molecule has 0 atom stereocenters. The van der Waals surface area contributed by atoms with Gasteiger partial charge in [-0.1, -0.05) is 17.7 Å². The number of nitrogens with one attached hydrogen (secondary N) is 1. The summed E-state index contributed by atoms with van der Waals surface area (Å²) in [7, 11) is -1.25. The Morgan fingerprint density at radius 3 is 2.15 bits per heavy atom. The number of hydrogen-bond donors (Lipinski definition) is 1. The van der Waals surface area contributed by atoms with Gasteiger partial charge in [0, 0.05) is 20.3 Å². The largest absolute Gasteiger partial charge is 0.382 e. The lowest BCUT2D eigenvalue weighted by atomic mass is 10.2. The van der Waals surface area contributed by atoms with Crippen molar-refractivity contribution in [3.05, 3.63) is 70.5 Å². The van der Waals surface area contributed by atoms with E-state index in [1.54, 1.807) is 19.1 Å². The van der Waals surface area contributed by atoms with Gasteiger partial charge in [0.25, 0.3) is 5.91 Å². The molecule has 144 valence electrons. The van der Waals surface area contributed by atoms with Gasteiger partial charge in [-0.25, -0.2) is 21.6 Å². The van der Waals surface area contributed by atoms with Gasteiger partial charge in [0.05, 0.1) is 10.6 Å². The Balaban J connectivity index is 2.47. The molecule has 0 spiro atoms. The molecule has 0 radical (unpaired) electrons. The molecule has 0 aromatic heterocycles. The predicted octanol–water partition coefficient (Wildman–Crippen LogP) is 3.23. The van der Waals surface area contributed by atoms with Crippen molar-refractivity contribution in [2.24, 2.45) is 0 Å². The highest BCUT2D eigenvalue weighted by Gasteiger charge is 2.28. The summed E-state index contributed by atoms with van der Waals surface area (Å²) >= 11 is 0. The summed E-state index contributed by atoms with van der Waals surface area (Å²) in [4.78, 5) is 13.0. The Morgan fingerprint density at radius 1 is 1.00 bits per heavy atom. The van der Waals surface area contributed by atoms with Crippen molar-refractivity contribution in [2.45, 2.75) is 11.8 Å². The zero-order valence-corrected chi connectivity index (χ0v) is 15.6. The van der Waals surface area contributed by atoms with Crippen LogP contribution in [0.1, 0.15) is 5.56 Å². The molecule has 2 aromatic rings. The van der Waals surface area contributed by atoms with Crippen LogP contribution in [0.15, 0.2) is 52.4 Å². The highest BCUT2D eigenvalue weighted by Crippen LogP contribution is 2.24. The van der Waals surface area contributed by atoms with E-state index in [0.29, 0.717) is 6.07 Å². The normalized spacial score (nSPS) is 12.0. The van der Waals surface area contributed by atoms with Crippen LogP contribution in [0.4, 0.5) is 18.9 Å². The van der Waals surface area contributed by atoms with Gasteiger partial charge in [-0.05, 0) is 31.2 Å². The summed E-state index contributed by atoms with van der Waals surface area (Å²) in [6.07, 6.45) is 1.04. The average molecular weight is 398 g/mol. The van der Waals surface area contributed by atoms with Gasteiger partial charge in [0.2, 0.25) is 9.84 Å². The molecule has 9 heteroatoms. The Kier molecular flexibility index (Phi) is 5.94. The molecule has 2 aromatic carbocycles. The lowest BCUT2D eigenvalue weighted by Crippen LogP contribution is -2.24. The van der Waals surface area contributed by atoms with Crippen molar-refractivity contribution >= 4 is 21.4 Å². The number of benzene rings is 2. The number of nitrogens with zero attached hydrogens (tertiary/aromatic N) is 1. The molecular weight excluding hydrogens is 381 g/mol. The lowest BCUT2D eigenvalue weighted by molar-refractivity contribution is -0.112. The fourth-order valence-corrected chi connectivity index (χ4v) is 3.53. The van der Waals surface area contributed by atoms with Gasteiger partial charge in [-0.3, -0.25) is 4.79 Å². The fraction of sp³-hybridized carbons (Fsp3) is 0.167. The first kappa shape index (κ1) is 20.5. The standard InChI is InChI=1S/C18H17F3N2O3S/c1-11-4-6-12(7-5-11)27(25,26)15(10-23(2)3)18(24)22-14-9-8-13(19)16(20)17(14)21/h4-10H,1-3H3,(H,22,24). The summed E-state index contributed by atoms with van der Waals surface area (Å²) in [6, 6.07) is 7.22. The molecule has 0 bridgehead atoms. The first-order valence-electron chi connectivity index (χ1n) is 7.69. The van der Waals surface area contributed by atoms with E-state index >= 15 is 0 Å². The summed E-state index contributed by atoms with van der Waals surface area (Å²) in [5.41, 5.74) is 0.142. The summed E-state index contributed by atoms with van der Waals surface area (Å²) in [6.45, 7) is 1.77. The second kappa shape index (κ2) is 7.83. The maximum Gasteiger partial charge on any atom is 0.269 e. The molecule has 0 aliphatic heterocycles. The van der Waals surface area contributed by atoms with E-state index in [1.807, 2.05) is 5.32 Å². The summed E-state index contributed by atoms with van der Waals surface area (Å²) in [5, 5.41) is 1.98. The van der Waals surface area contributed by atoms with Gasteiger partial charge < -0.3 is 10.2 Å². The van der Waals surface area contributed by atoms with Crippen LogP contribution >= 0.6 is 0 Å². The number of carbonyl (C=O) groups excluding carboxylic acids is 1. The van der Waals surface area contributed by atoms with E-state index in [2.05, 4.69) is 0 Å². The van der Waals surface area contributed by atoms with Crippen molar-refractivity contribution in [3.8, 4) is 0 Å². The van der Waals surface area contributed by atoms with E-state index in [9.17, 15) is 26.4 Å². The highest BCUT2D eigenvalue weighted by atomic mass is 32.2. The number of aryl methyl sites for hydroxylation is 1. The molecule has 0 saturated carbocycles. The highest BCUT2D eigenvalue weighted by molar-refractivity contribution is 7.96. The van der Waals surface area contributed by atoms with Gasteiger partial charge in [-0.2, -0.15) is 0 Å². The van der Waals surface area contributed by atoms with E-state index in [4.69, 9.17) is 0 Å². The molecule has 5 nitrogen and oxygen atoms in total. The Bertz CT molecular complexity index is 1000. The first-order valence-corrected chi connectivity index (χ1v) is 9.17. The van der Waals surface area contributed by atoms with E-state index in [-0.39, 0.29) is 4.90 Å². The molecule has 0 heterocycles. The van der Waals surface area contributed by atoms with Crippen molar-refractivity contribution in [3.63, 3.8) is 0 Å². The molecule has 1 amide bonds. The number of halogens is 3. The lowest BCUT2D eigenvalue weighted by Gasteiger charge is -2.14. The van der Waals surface area contributed by atoms with Crippen molar-refractivity contribution in [2.75, 3.05) is 19.4 Å². The maximum absolute atomic E-state index is 13.8. The third-order valence-corrected chi connectivity index (χ3v) is 5.27. The quantitative estimate of drug-likeness (QED) is 0.620. The number of hydrogen-bond acceptors (Lipinski definition) is 4. The SMILES string of the molecule is Cc1ccc(S(=O)(=O)C(=CN(C)C)C(=O)Nc2ccc(F)c(F)c2F)cc1. The Labute approximate surface area is 155 Å². The fourth-order valence-electron chi connectivity index (χ4n) is 2.14. The summed E-state index contributed by atoms with van der Waals surface area (Å²) in [5.74, 6) is -6.01. The molecule has 0 fully saturated rings. The molecule has 0 saturated heterocycles. The van der Waals surface area contributed by atoms with Crippen LogP contribution in [-0.2, 0) is 14.6 Å². The molecule has 27 heavy (non-hydrogen) atoms. The zero-order chi connectivity index (χ0) is 20.4. The van der Waals surface area contributed by atoms with Gasteiger partial charge in [0.15, 0.2) is 22.4 Å². The van der Waals surface area contributed by atoms with Crippen molar-refractivity contribution in [1.82, 2.24) is 4.90 Å². The Morgan fingerprint density at radius 2 is 1.59 bits per heavy atom. The molecule has 0 aliphatic carbocycles. The molecular formula is C18H17F3N2O3S. The number of rotatable bonds is 5. The predicted molar refractivity (Wildman–Crippen MR) is 95.1 cm³/mol. The first-order chi connectivity index (χ1) is 12.5. The number of carbonyl (C=O) groups is 1. The van der Waals surface area contributed by atoms with E-state index < -0.39 is 43.8 Å². The molecule has 0 unspecified atom stereocenters. The average Bonchev–Trinajstić information content (AvgIpc) is 2.60. The van der Waals surface area contributed by atoms with E-state index in [0.717, 1.165) is 17.8 Å². The maximum atomic E-state index is 13.8.